The van der Waals surface area contributed by atoms with Gasteiger partial charge in [-0.25, -0.2) is 0 Å². The second-order valence-electron chi connectivity index (χ2n) is 5.64. The third-order valence-corrected chi connectivity index (χ3v) is 4.52. The summed E-state index contributed by atoms with van der Waals surface area (Å²) >= 11 is 0. The van der Waals surface area contributed by atoms with Crippen LogP contribution in [0.3, 0.4) is 0 Å². The molecule has 1 saturated carbocycles. The first-order valence-corrected chi connectivity index (χ1v) is 6.46. The Labute approximate surface area is 99.2 Å². The van der Waals surface area contributed by atoms with Crippen LogP contribution in [0.15, 0.2) is 0 Å². The summed E-state index contributed by atoms with van der Waals surface area (Å²) in [5.74, 6) is 0.142. The molecule has 0 aromatic heterocycles. The van der Waals surface area contributed by atoms with Gasteiger partial charge in [0.2, 0.25) is 5.91 Å². The SMILES string of the molecule is CCC(C)(CC)NC(=O)C1(C)CCCC1N. The van der Waals surface area contributed by atoms with Crippen molar-refractivity contribution in [3.8, 4) is 0 Å². The van der Waals surface area contributed by atoms with E-state index in [1.54, 1.807) is 0 Å². The van der Waals surface area contributed by atoms with Crippen molar-refractivity contribution in [3.63, 3.8) is 0 Å². The molecule has 0 aliphatic heterocycles. The molecule has 0 bridgehead atoms. The third kappa shape index (κ3) is 2.40. The van der Waals surface area contributed by atoms with E-state index in [9.17, 15) is 4.79 Å². The molecule has 0 heterocycles. The summed E-state index contributed by atoms with van der Waals surface area (Å²) in [6.07, 6.45) is 4.88. The lowest BCUT2D eigenvalue weighted by molar-refractivity contribution is -0.132. The van der Waals surface area contributed by atoms with Crippen molar-refractivity contribution in [2.24, 2.45) is 11.1 Å². The summed E-state index contributed by atoms with van der Waals surface area (Å²) in [6.45, 7) is 8.34. The summed E-state index contributed by atoms with van der Waals surface area (Å²) in [7, 11) is 0. The van der Waals surface area contributed by atoms with Crippen LogP contribution in [0, 0.1) is 5.41 Å². The molecule has 94 valence electrons. The predicted molar refractivity (Wildman–Crippen MR) is 67.1 cm³/mol. The van der Waals surface area contributed by atoms with E-state index in [4.69, 9.17) is 5.73 Å². The first kappa shape index (κ1) is 13.5. The van der Waals surface area contributed by atoms with Gasteiger partial charge in [0, 0.05) is 11.6 Å². The van der Waals surface area contributed by atoms with Crippen molar-refractivity contribution < 1.29 is 4.79 Å². The number of nitrogens with one attached hydrogen (secondary N) is 1. The van der Waals surface area contributed by atoms with Gasteiger partial charge in [-0.05, 0) is 39.5 Å². The Morgan fingerprint density at radius 1 is 1.50 bits per heavy atom. The highest BCUT2D eigenvalue weighted by molar-refractivity contribution is 5.84. The third-order valence-electron chi connectivity index (χ3n) is 4.52. The fourth-order valence-corrected chi connectivity index (χ4v) is 2.32. The average molecular weight is 226 g/mol. The molecule has 0 spiro atoms. The van der Waals surface area contributed by atoms with Crippen LogP contribution in [0.5, 0.6) is 0 Å². The van der Waals surface area contributed by atoms with Crippen LogP contribution in [0.1, 0.15) is 59.8 Å². The molecule has 0 aromatic rings. The Bertz CT molecular complexity index is 261. The Hall–Kier alpha value is -0.570. The van der Waals surface area contributed by atoms with Crippen LogP contribution in [-0.2, 0) is 4.79 Å². The molecule has 0 radical (unpaired) electrons. The van der Waals surface area contributed by atoms with E-state index in [1.165, 1.54) is 0 Å². The van der Waals surface area contributed by atoms with Crippen molar-refractivity contribution in [2.45, 2.75) is 71.4 Å². The number of rotatable bonds is 4. The molecule has 2 unspecified atom stereocenters. The molecule has 1 aliphatic carbocycles. The molecule has 3 nitrogen and oxygen atoms in total. The van der Waals surface area contributed by atoms with Gasteiger partial charge in [0.15, 0.2) is 0 Å². The smallest absolute Gasteiger partial charge is 0.227 e. The quantitative estimate of drug-likeness (QED) is 0.772. The lowest BCUT2D eigenvalue weighted by Gasteiger charge is -2.35. The van der Waals surface area contributed by atoms with Gasteiger partial charge in [-0.15, -0.1) is 0 Å². The van der Waals surface area contributed by atoms with Gasteiger partial charge in [0.25, 0.3) is 0 Å². The van der Waals surface area contributed by atoms with Gasteiger partial charge < -0.3 is 11.1 Å². The van der Waals surface area contributed by atoms with Crippen molar-refractivity contribution in [1.29, 1.82) is 0 Å². The van der Waals surface area contributed by atoms with Crippen molar-refractivity contribution in [1.82, 2.24) is 5.32 Å². The standard InChI is InChI=1S/C13H26N2O/c1-5-12(3,6-2)15-11(16)13(4)9-7-8-10(13)14/h10H,5-9,14H2,1-4H3,(H,15,16). The zero-order valence-corrected chi connectivity index (χ0v) is 11.1. The maximum Gasteiger partial charge on any atom is 0.227 e. The Balaban J connectivity index is 2.71. The monoisotopic (exact) mass is 226 g/mol. The maximum absolute atomic E-state index is 12.3. The molecular weight excluding hydrogens is 200 g/mol. The van der Waals surface area contributed by atoms with Crippen LogP contribution >= 0.6 is 0 Å². The fourth-order valence-electron chi connectivity index (χ4n) is 2.32. The van der Waals surface area contributed by atoms with Crippen molar-refractivity contribution in [3.05, 3.63) is 0 Å². The topological polar surface area (TPSA) is 55.1 Å². The molecule has 16 heavy (non-hydrogen) atoms. The first-order chi connectivity index (χ1) is 7.38. The van der Waals surface area contributed by atoms with Crippen molar-refractivity contribution in [2.75, 3.05) is 0 Å². The number of carbonyl (C=O) groups excluding carboxylic acids is 1. The van der Waals surface area contributed by atoms with E-state index in [-0.39, 0.29) is 22.9 Å². The van der Waals surface area contributed by atoms with Crippen molar-refractivity contribution >= 4 is 5.91 Å². The molecule has 1 amide bonds. The van der Waals surface area contributed by atoms with Crippen LogP contribution < -0.4 is 11.1 Å². The second kappa shape index (κ2) is 4.74. The summed E-state index contributed by atoms with van der Waals surface area (Å²) < 4.78 is 0. The molecule has 1 fully saturated rings. The molecule has 1 rings (SSSR count). The summed E-state index contributed by atoms with van der Waals surface area (Å²) in [5.41, 5.74) is 5.62. The minimum atomic E-state index is -0.356. The molecule has 3 heteroatoms. The van der Waals surface area contributed by atoms with Gasteiger partial charge in [0.1, 0.15) is 0 Å². The van der Waals surface area contributed by atoms with Gasteiger partial charge in [-0.2, -0.15) is 0 Å². The Morgan fingerprint density at radius 2 is 2.06 bits per heavy atom. The number of amides is 1. The molecule has 2 atom stereocenters. The van der Waals surface area contributed by atoms with Gasteiger partial charge in [-0.3, -0.25) is 4.79 Å². The van der Waals surface area contributed by atoms with Crippen LogP contribution in [0.25, 0.3) is 0 Å². The normalized spacial score (nSPS) is 30.4. The van der Waals surface area contributed by atoms with Crippen LogP contribution in [-0.4, -0.2) is 17.5 Å². The summed E-state index contributed by atoms with van der Waals surface area (Å²) in [6, 6.07) is 0.0189. The minimum absolute atomic E-state index is 0.0189. The van der Waals surface area contributed by atoms with E-state index in [0.717, 1.165) is 32.1 Å². The largest absolute Gasteiger partial charge is 0.350 e. The van der Waals surface area contributed by atoms with E-state index in [1.807, 2.05) is 6.92 Å². The van der Waals surface area contributed by atoms with Crippen LogP contribution in [0.4, 0.5) is 0 Å². The minimum Gasteiger partial charge on any atom is -0.350 e. The molecule has 1 aliphatic rings. The Morgan fingerprint density at radius 3 is 2.44 bits per heavy atom. The van der Waals surface area contributed by atoms with Gasteiger partial charge in [-0.1, -0.05) is 20.3 Å². The zero-order chi connectivity index (χ0) is 12.4. The highest BCUT2D eigenvalue weighted by atomic mass is 16.2. The Kier molecular flexibility index (Phi) is 4.00. The van der Waals surface area contributed by atoms with E-state index in [0.29, 0.717) is 0 Å². The number of carbonyl (C=O) groups is 1. The average Bonchev–Trinajstić information content (AvgIpc) is 2.60. The van der Waals surface area contributed by atoms with E-state index < -0.39 is 0 Å². The molecule has 0 aromatic carbocycles. The van der Waals surface area contributed by atoms with E-state index in [2.05, 4.69) is 26.1 Å². The number of hydrogen-bond donors (Lipinski definition) is 2. The second-order valence-corrected chi connectivity index (χ2v) is 5.64. The fraction of sp³-hybridized carbons (Fsp3) is 0.923. The molecule has 3 N–H and O–H groups in total. The summed E-state index contributed by atoms with van der Waals surface area (Å²) in [4.78, 5) is 12.3. The first-order valence-electron chi connectivity index (χ1n) is 6.46. The van der Waals surface area contributed by atoms with Crippen LogP contribution in [0.2, 0.25) is 0 Å². The zero-order valence-electron chi connectivity index (χ0n) is 11.1. The highest BCUT2D eigenvalue weighted by Crippen LogP contribution is 2.37. The lowest BCUT2D eigenvalue weighted by Crippen LogP contribution is -2.54. The van der Waals surface area contributed by atoms with E-state index >= 15 is 0 Å². The summed E-state index contributed by atoms with van der Waals surface area (Å²) in [5, 5.41) is 3.19. The lowest BCUT2D eigenvalue weighted by atomic mass is 9.82. The molecular formula is C13H26N2O. The number of hydrogen-bond acceptors (Lipinski definition) is 2. The highest BCUT2D eigenvalue weighted by Gasteiger charge is 2.44. The predicted octanol–water partition coefficient (Wildman–Crippen LogP) is 2.20. The molecule has 0 saturated heterocycles. The van der Waals surface area contributed by atoms with Gasteiger partial charge in [0.05, 0.1) is 5.41 Å². The number of nitrogens with two attached hydrogens (primary N) is 1. The maximum atomic E-state index is 12.3. The van der Waals surface area contributed by atoms with Gasteiger partial charge >= 0.3 is 0 Å².